The van der Waals surface area contributed by atoms with E-state index in [4.69, 9.17) is 10.5 Å². The summed E-state index contributed by atoms with van der Waals surface area (Å²) >= 11 is 0. The Labute approximate surface area is 88.7 Å². The second kappa shape index (κ2) is 4.91. The van der Waals surface area contributed by atoms with Crippen LogP contribution in [0.4, 0.5) is 0 Å². The second-order valence-electron chi connectivity index (χ2n) is 3.43. The maximum Gasteiger partial charge on any atom is 0.308 e. The standard InChI is InChI=1S/C11H15NO3/c1-7(13)11(12)9-3-5-10(6-4-9)15-8(2)14/h3-7,11,13H,12H2,1-2H3/t7-,11-/m1/s1. The third kappa shape index (κ3) is 3.34. The van der Waals surface area contributed by atoms with Crippen LogP contribution in [-0.2, 0) is 4.79 Å². The number of hydrogen-bond acceptors (Lipinski definition) is 4. The molecule has 0 amide bonds. The van der Waals surface area contributed by atoms with Crippen LogP contribution in [0.15, 0.2) is 24.3 Å². The fraction of sp³-hybridized carbons (Fsp3) is 0.364. The topological polar surface area (TPSA) is 72.5 Å². The Balaban J connectivity index is 2.76. The highest BCUT2D eigenvalue weighted by Gasteiger charge is 2.11. The van der Waals surface area contributed by atoms with Crippen molar-refractivity contribution in [2.45, 2.75) is 26.0 Å². The van der Waals surface area contributed by atoms with E-state index in [0.29, 0.717) is 5.75 Å². The summed E-state index contributed by atoms with van der Waals surface area (Å²) in [4.78, 5) is 10.7. The van der Waals surface area contributed by atoms with Crippen molar-refractivity contribution in [3.05, 3.63) is 29.8 Å². The number of hydrogen-bond donors (Lipinski definition) is 2. The molecule has 0 aliphatic rings. The van der Waals surface area contributed by atoms with Gasteiger partial charge >= 0.3 is 5.97 Å². The van der Waals surface area contributed by atoms with E-state index in [1.165, 1.54) is 6.92 Å². The van der Waals surface area contributed by atoms with Crippen molar-refractivity contribution in [1.29, 1.82) is 0 Å². The van der Waals surface area contributed by atoms with Crippen LogP contribution in [0.2, 0.25) is 0 Å². The normalized spacial score (nSPS) is 14.4. The Bertz CT molecular complexity index is 332. The molecule has 0 bridgehead atoms. The predicted molar refractivity (Wildman–Crippen MR) is 56.4 cm³/mol. The molecule has 0 aliphatic carbocycles. The lowest BCUT2D eigenvalue weighted by Gasteiger charge is -2.15. The van der Waals surface area contributed by atoms with Crippen LogP contribution in [0.5, 0.6) is 5.75 Å². The molecule has 1 rings (SSSR count). The predicted octanol–water partition coefficient (Wildman–Crippen LogP) is 0.993. The molecule has 0 saturated carbocycles. The Morgan fingerprint density at radius 3 is 2.33 bits per heavy atom. The van der Waals surface area contributed by atoms with Gasteiger partial charge in [-0.25, -0.2) is 0 Å². The molecule has 15 heavy (non-hydrogen) atoms. The molecule has 0 fully saturated rings. The Morgan fingerprint density at radius 1 is 1.40 bits per heavy atom. The Morgan fingerprint density at radius 2 is 1.93 bits per heavy atom. The fourth-order valence-electron chi connectivity index (χ4n) is 1.20. The van der Waals surface area contributed by atoms with Gasteiger partial charge in [-0.15, -0.1) is 0 Å². The molecular weight excluding hydrogens is 194 g/mol. The zero-order chi connectivity index (χ0) is 11.4. The van der Waals surface area contributed by atoms with Crippen molar-refractivity contribution in [3.8, 4) is 5.75 Å². The van der Waals surface area contributed by atoms with Gasteiger partial charge in [-0.1, -0.05) is 12.1 Å². The van der Waals surface area contributed by atoms with Gasteiger partial charge in [0.1, 0.15) is 5.75 Å². The molecule has 0 aromatic heterocycles. The largest absolute Gasteiger partial charge is 0.427 e. The van der Waals surface area contributed by atoms with Crippen LogP contribution in [0.25, 0.3) is 0 Å². The number of carbonyl (C=O) groups is 1. The lowest BCUT2D eigenvalue weighted by molar-refractivity contribution is -0.131. The van der Waals surface area contributed by atoms with E-state index in [1.807, 2.05) is 0 Å². The number of nitrogens with two attached hydrogens (primary N) is 1. The number of benzene rings is 1. The van der Waals surface area contributed by atoms with Gasteiger partial charge in [0, 0.05) is 6.92 Å². The van der Waals surface area contributed by atoms with Gasteiger partial charge in [0.25, 0.3) is 0 Å². The van der Waals surface area contributed by atoms with E-state index in [1.54, 1.807) is 31.2 Å². The van der Waals surface area contributed by atoms with E-state index < -0.39 is 12.1 Å². The van der Waals surface area contributed by atoms with Crippen LogP contribution < -0.4 is 10.5 Å². The first-order chi connectivity index (χ1) is 7.00. The Kier molecular flexibility index (Phi) is 3.82. The molecule has 0 spiro atoms. The summed E-state index contributed by atoms with van der Waals surface area (Å²) in [5.74, 6) is 0.117. The third-order valence-electron chi connectivity index (χ3n) is 2.05. The van der Waals surface area contributed by atoms with Crippen molar-refractivity contribution in [3.63, 3.8) is 0 Å². The van der Waals surface area contributed by atoms with Gasteiger partial charge in [0.05, 0.1) is 12.1 Å². The van der Waals surface area contributed by atoms with E-state index in [-0.39, 0.29) is 5.97 Å². The second-order valence-corrected chi connectivity index (χ2v) is 3.43. The highest BCUT2D eigenvalue weighted by atomic mass is 16.5. The van der Waals surface area contributed by atoms with Crippen molar-refractivity contribution >= 4 is 5.97 Å². The number of aliphatic hydroxyl groups excluding tert-OH is 1. The lowest BCUT2D eigenvalue weighted by Crippen LogP contribution is -2.22. The molecule has 0 aliphatic heterocycles. The monoisotopic (exact) mass is 209 g/mol. The van der Waals surface area contributed by atoms with Crippen molar-refractivity contribution in [2.75, 3.05) is 0 Å². The quantitative estimate of drug-likeness (QED) is 0.575. The number of aliphatic hydroxyl groups is 1. The molecule has 4 nitrogen and oxygen atoms in total. The number of ether oxygens (including phenoxy) is 1. The third-order valence-corrected chi connectivity index (χ3v) is 2.05. The average molecular weight is 209 g/mol. The van der Waals surface area contributed by atoms with Crippen LogP contribution in [0, 0.1) is 0 Å². The minimum absolute atomic E-state index is 0.359. The first kappa shape index (κ1) is 11.7. The van der Waals surface area contributed by atoms with Gasteiger partial charge in [-0.3, -0.25) is 4.79 Å². The molecule has 3 N–H and O–H groups in total. The lowest BCUT2D eigenvalue weighted by atomic mass is 10.0. The summed E-state index contributed by atoms with van der Waals surface area (Å²) in [6, 6.07) is 6.35. The van der Waals surface area contributed by atoms with E-state index in [0.717, 1.165) is 5.56 Å². The van der Waals surface area contributed by atoms with Crippen molar-refractivity contribution in [2.24, 2.45) is 5.73 Å². The fourth-order valence-corrected chi connectivity index (χ4v) is 1.20. The first-order valence-corrected chi connectivity index (χ1v) is 4.72. The summed E-state index contributed by atoms with van der Waals surface area (Å²) in [5.41, 5.74) is 6.54. The summed E-state index contributed by atoms with van der Waals surface area (Å²) in [5, 5.41) is 9.28. The molecule has 0 radical (unpaired) electrons. The van der Waals surface area contributed by atoms with E-state index >= 15 is 0 Å². The van der Waals surface area contributed by atoms with Gasteiger partial charge < -0.3 is 15.6 Å². The van der Waals surface area contributed by atoms with Gasteiger partial charge in [-0.05, 0) is 24.6 Å². The molecule has 0 heterocycles. The Hall–Kier alpha value is -1.39. The maximum atomic E-state index is 10.7. The highest BCUT2D eigenvalue weighted by molar-refractivity contribution is 5.69. The SMILES string of the molecule is CC(=O)Oc1ccc([C@H](N)[C@@H](C)O)cc1. The average Bonchev–Trinajstić information content (AvgIpc) is 2.17. The van der Waals surface area contributed by atoms with Gasteiger partial charge in [0.2, 0.25) is 0 Å². The number of carbonyl (C=O) groups excluding carboxylic acids is 1. The zero-order valence-corrected chi connectivity index (χ0v) is 8.81. The first-order valence-electron chi connectivity index (χ1n) is 4.72. The number of rotatable bonds is 3. The molecule has 0 unspecified atom stereocenters. The summed E-state index contributed by atoms with van der Waals surface area (Å²) in [7, 11) is 0. The highest BCUT2D eigenvalue weighted by Crippen LogP contribution is 2.18. The van der Waals surface area contributed by atoms with E-state index in [9.17, 15) is 9.90 Å². The minimum Gasteiger partial charge on any atom is -0.427 e. The summed E-state index contributed by atoms with van der Waals surface area (Å²) < 4.78 is 4.87. The van der Waals surface area contributed by atoms with Gasteiger partial charge in [0.15, 0.2) is 0 Å². The van der Waals surface area contributed by atoms with Crippen molar-refractivity contribution < 1.29 is 14.6 Å². The van der Waals surface area contributed by atoms with Crippen LogP contribution in [0.1, 0.15) is 25.5 Å². The molecule has 1 aromatic rings. The zero-order valence-electron chi connectivity index (χ0n) is 8.81. The van der Waals surface area contributed by atoms with Crippen LogP contribution in [0.3, 0.4) is 0 Å². The molecule has 0 saturated heterocycles. The summed E-state index contributed by atoms with van der Waals surface area (Å²) in [6.45, 7) is 2.97. The van der Waals surface area contributed by atoms with E-state index in [2.05, 4.69) is 0 Å². The molecule has 2 atom stereocenters. The molecule has 1 aromatic carbocycles. The summed E-state index contributed by atoms with van der Waals surface area (Å²) in [6.07, 6.45) is -0.607. The molecular formula is C11H15NO3. The smallest absolute Gasteiger partial charge is 0.308 e. The van der Waals surface area contributed by atoms with Crippen molar-refractivity contribution in [1.82, 2.24) is 0 Å². The molecule has 4 heteroatoms. The minimum atomic E-state index is -0.607. The maximum absolute atomic E-state index is 10.7. The van der Waals surface area contributed by atoms with Crippen LogP contribution >= 0.6 is 0 Å². The van der Waals surface area contributed by atoms with Gasteiger partial charge in [-0.2, -0.15) is 0 Å². The number of esters is 1. The van der Waals surface area contributed by atoms with Crippen LogP contribution in [-0.4, -0.2) is 17.2 Å². The molecule has 82 valence electrons.